The van der Waals surface area contributed by atoms with Crippen LogP contribution in [0.4, 0.5) is 0 Å². The van der Waals surface area contributed by atoms with Gasteiger partial charge in [0.25, 0.3) is 0 Å². The molecule has 0 aromatic rings. The van der Waals surface area contributed by atoms with Crippen molar-refractivity contribution < 1.29 is 14.7 Å². The zero-order chi connectivity index (χ0) is 13.3. The van der Waals surface area contributed by atoms with Crippen molar-refractivity contribution in [3.63, 3.8) is 0 Å². The van der Waals surface area contributed by atoms with Crippen LogP contribution >= 0.6 is 0 Å². The average molecular weight is 242 g/mol. The molecule has 2 unspecified atom stereocenters. The maximum atomic E-state index is 12.3. The van der Waals surface area contributed by atoms with Crippen molar-refractivity contribution in [2.75, 3.05) is 19.6 Å². The molecule has 0 radical (unpaired) electrons. The van der Waals surface area contributed by atoms with Gasteiger partial charge >= 0.3 is 5.97 Å². The highest BCUT2D eigenvalue weighted by molar-refractivity contribution is 5.84. The molecule has 1 aliphatic rings. The van der Waals surface area contributed by atoms with Crippen LogP contribution in [0.1, 0.15) is 33.6 Å². The first kappa shape index (κ1) is 14.0. The van der Waals surface area contributed by atoms with E-state index < -0.39 is 16.8 Å². The molecule has 98 valence electrons. The Kier molecular flexibility index (Phi) is 3.81. The van der Waals surface area contributed by atoms with Gasteiger partial charge in [0.05, 0.1) is 10.8 Å². The molecule has 1 fully saturated rings. The van der Waals surface area contributed by atoms with E-state index in [1.54, 1.807) is 11.8 Å². The Bertz CT molecular complexity index is 326. The van der Waals surface area contributed by atoms with Crippen LogP contribution in [-0.2, 0) is 9.59 Å². The predicted octanol–water partition coefficient (Wildman–Crippen LogP) is 0.685. The second-order valence-corrected chi connectivity index (χ2v) is 5.46. The molecule has 0 aromatic heterocycles. The maximum absolute atomic E-state index is 12.3. The van der Waals surface area contributed by atoms with Crippen LogP contribution in [-0.4, -0.2) is 41.5 Å². The monoisotopic (exact) mass is 242 g/mol. The zero-order valence-corrected chi connectivity index (χ0v) is 10.8. The molecule has 5 heteroatoms. The lowest BCUT2D eigenvalue weighted by Gasteiger charge is -2.31. The highest BCUT2D eigenvalue weighted by Crippen LogP contribution is 2.33. The summed E-state index contributed by atoms with van der Waals surface area (Å²) in [6.45, 7) is 6.55. The van der Waals surface area contributed by atoms with Gasteiger partial charge in [-0.2, -0.15) is 0 Å². The highest BCUT2D eigenvalue weighted by Gasteiger charge is 2.45. The van der Waals surface area contributed by atoms with Crippen LogP contribution in [0.2, 0.25) is 0 Å². The molecule has 1 rings (SSSR count). The van der Waals surface area contributed by atoms with E-state index in [0.717, 1.165) is 0 Å². The molecule has 0 aliphatic carbocycles. The Labute approximate surface area is 102 Å². The Morgan fingerprint density at radius 2 is 2.12 bits per heavy atom. The van der Waals surface area contributed by atoms with Gasteiger partial charge in [-0.3, -0.25) is 9.59 Å². The van der Waals surface area contributed by atoms with Crippen LogP contribution in [0.3, 0.4) is 0 Å². The van der Waals surface area contributed by atoms with E-state index in [9.17, 15) is 9.59 Å². The Balaban J connectivity index is 2.78. The van der Waals surface area contributed by atoms with Crippen LogP contribution in [0.15, 0.2) is 0 Å². The van der Waals surface area contributed by atoms with Crippen LogP contribution in [0, 0.1) is 10.8 Å². The van der Waals surface area contributed by atoms with Gasteiger partial charge in [-0.1, -0.05) is 6.92 Å². The second kappa shape index (κ2) is 4.64. The van der Waals surface area contributed by atoms with Crippen molar-refractivity contribution >= 4 is 11.9 Å². The molecular weight excluding hydrogens is 220 g/mol. The van der Waals surface area contributed by atoms with E-state index in [1.807, 2.05) is 13.8 Å². The van der Waals surface area contributed by atoms with Crippen molar-refractivity contribution in [3.8, 4) is 0 Å². The summed E-state index contributed by atoms with van der Waals surface area (Å²) in [5, 5.41) is 9.13. The number of carbonyl (C=O) groups is 2. The molecule has 1 amide bonds. The first-order valence-electron chi connectivity index (χ1n) is 6.02. The second-order valence-electron chi connectivity index (χ2n) is 5.46. The third-order valence-corrected chi connectivity index (χ3v) is 4.02. The molecule has 1 saturated heterocycles. The average Bonchev–Trinajstić information content (AvgIpc) is 2.71. The van der Waals surface area contributed by atoms with Gasteiger partial charge in [-0.05, 0) is 26.7 Å². The predicted molar refractivity (Wildman–Crippen MR) is 64.4 cm³/mol. The quantitative estimate of drug-likeness (QED) is 0.759. The van der Waals surface area contributed by atoms with Gasteiger partial charge in [-0.25, -0.2) is 0 Å². The number of nitrogens with zero attached hydrogens (tertiary/aromatic N) is 1. The van der Waals surface area contributed by atoms with Crippen LogP contribution in [0.25, 0.3) is 0 Å². The summed E-state index contributed by atoms with van der Waals surface area (Å²) in [6.07, 6.45) is 1.18. The third-order valence-electron chi connectivity index (χ3n) is 4.02. The normalized spacial score (nSPS) is 27.9. The minimum Gasteiger partial charge on any atom is -0.481 e. The summed E-state index contributed by atoms with van der Waals surface area (Å²) in [6, 6.07) is 0. The lowest BCUT2D eigenvalue weighted by molar-refractivity contribution is -0.148. The van der Waals surface area contributed by atoms with E-state index in [1.165, 1.54) is 0 Å². The minimum atomic E-state index is -0.834. The Hall–Kier alpha value is -1.10. The summed E-state index contributed by atoms with van der Waals surface area (Å²) in [5.41, 5.74) is 4.28. The third kappa shape index (κ3) is 2.44. The molecule has 5 nitrogen and oxygen atoms in total. The number of carbonyl (C=O) groups excluding carboxylic acids is 1. The van der Waals surface area contributed by atoms with Gasteiger partial charge in [0.15, 0.2) is 0 Å². The molecule has 0 aromatic carbocycles. The summed E-state index contributed by atoms with van der Waals surface area (Å²) in [5.74, 6) is -0.855. The van der Waals surface area contributed by atoms with Gasteiger partial charge in [-0.15, -0.1) is 0 Å². The van der Waals surface area contributed by atoms with Gasteiger partial charge < -0.3 is 15.7 Å². The molecule has 1 aliphatic heterocycles. The Morgan fingerprint density at radius 3 is 2.47 bits per heavy atom. The Morgan fingerprint density at radius 1 is 1.53 bits per heavy atom. The minimum absolute atomic E-state index is 0.0209. The van der Waals surface area contributed by atoms with E-state index in [0.29, 0.717) is 25.9 Å². The van der Waals surface area contributed by atoms with E-state index in [-0.39, 0.29) is 12.5 Å². The largest absolute Gasteiger partial charge is 0.481 e. The molecule has 3 N–H and O–H groups in total. The fourth-order valence-corrected chi connectivity index (χ4v) is 2.07. The SMILES string of the molecule is CCC(C)(CN)C(=O)N1CCC(C)(C(=O)O)C1. The molecule has 1 heterocycles. The van der Waals surface area contributed by atoms with Crippen molar-refractivity contribution in [1.82, 2.24) is 4.90 Å². The number of nitrogens with two attached hydrogens (primary N) is 1. The number of carboxylic acid groups (broad SMARTS) is 1. The van der Waals surface area contributed by atoms with Crippen molar-refractivity contribution in [1.29, 1.82) is 0 Å². The molecule has 0 spiro atoms. The fourth-order valence-electron chi connectivity index (χ4n) is 2.07. The topological polar surface area (TPSA) is 83.6 Å². The summed E-state index contributed by atoms with van der Waals surface area (Å²) >= 11 is 0. The number of likely N-dealkylation sites (tertiary alicyclic amines) is 1. The smallest absolute Gasteiger partial charge is 0.311 e. The number of aliphatic carboxylic acids is 1. The zero-order valence-electron chi connectivity index (χ0n) is 10.8. The first-order valence-corrected chi connectivity index (χ1v) is 6.02. The van der Waals surface area contributed by atoms with Gasteiger partial charge in [0, 0.05) is 19.6 Å². The van der Waals surface area contributed by atoms with Crippen molar-refractivity contribution in [2.45, 2.75) is 33.6 Å². The van der Waals surface area contributed by atoms with Crippen molar-refractivity contribution in [3.05, 3.63) is 0 Å². The summed E-state index contributed by atoms with van der Waals surface area (Å²) < 4.78 is 0. The number of carboxylic acids is 1. The van der Waals surface area contributed by atoms with Gasteiger partial charge in [0.2, 0.25) is 5.91 Å². The molecule has 2 atom stereocenters. The van der Waals surface area contributed by atoms with E-state index >= 15 is 0 Å². The maximum Gasteiger partial charge on any atom is 0.311 e. The van der Waals surface area contributed by atoms with Crippen LogP contribution < -0.4 is 5.73 Å². The highest BCUT2D eigenvalue weighted by atomic mass is 16.4. The van der Waals surface area contributed by atoms with E-state index in [2.05, 4.69) is 0 Å². The van der Waals surface area contributed by atoms with Crippen LogP contribution in [0.5, 0.6) is 0 Å². The number of hydrogen-bond acceptors (Lipinski definition) is 3. The molecular formula is C12H22N2O3. The van der Waals surface area contributed by atoms with E-state index in [4.69, 9.17) is 10.8 Å². The lowest BCUT2D eigenvalue weighted by Crippen LogP contribution is -2.46. The number of hydrogen-bond donors (Lipinski definition) is 2. The number of rotatable bonds is 4. The summed E-state index contributed by atoms with van der Waals surface area (Å²) in [7, 11) is 0. The fraction of sp³-hybridized carbons (Fsp3) is 0.833. The first-order chi connectivity index (χ1) is 7.79. The van der Waals surface area contributed by atoms with Gasteiger partial charge in [0.1, 0.15) is 0 Å². The number of amides is 1. The standard InChI is InChI=1S/C12H22N2O3/c1-4-11(2,7-13)9(15)14-6-5-12(3,8-14)10(16)17/h4-8,13H2,1-3H3,(H,16,17). The molecule has 0 saturated carbocycles. The molecule has 17 heavy (non-hydrogen) atoms. The van der Waals surface area contributed by atoms with Crippen molar-refractivity contribution in [2.24, 2.45) is 16.6 Å². The lowest BCUT2D eigenvalue weighted by atomic mass is 9.85. The summed E-state index contributed by atoms with van der Waals surface area (Å²) in [4.78, 5) is 25.1. The molecule has 0 bridgehead atoms.